The Kier molecular flexibility index (Phi) is 5.41. The fourth-order valence-corrected chi connectivity index (χ4v) is 8.05. The molecule has 10 rings (SSSR count). The highest BCUT2D eigenvalue weighted by atomic mass is 32.1. The molecule has 7 aromatic carbocycles. The van der Waals surface area contributed by atoms with Gasteiger partial charge in [0.15, 0.2) is 11.6 Å². The second-order valence-electron chi connectivity index (χ2n) is 11.7. The number of hydrogen-bond donors (Lipinski definition) is 0. The third-order valence-electron chi connectivity index (χ3n) is 9.03. The molecule has 0 saturated heterocycles. The van der Waals surface area contributed by atoms with E-state index in [-0.39, 0.29) is 0 Å². The van der Waals surface area contributed by atoms with Gasteiger partial charge in [-0.25, -0.2) is 4.98 Å². The zero-order chi connectivity index (χ0) is 30.2. The number of para-hydroxylation sites is 1. The van der Waals surface area contributed by atoms with Gasteiger partial charge in [-0.2, -0.15) is 9.97 Å². The number of fused-ring (bicyclic) bond motifs is 10. The Hall–Kier alpha value is -5.91. The van der Waals surface area contributed by atoms with Crippen LogP contribution in [0.15, 0.2) is 146 Å². The van der Waals surface area contributed by atoms with Gasteiger partial charge in [-0.3, -0.25) is 4.57 Å². The molecule has 214 valence electrons. The molecule has 0 atom stereocenters. The van der Waals surface area contributed by atoms with Gasteiger partial charge in [-0.1, -0.05) is 121 Å². The maximum atomic E-state index is 5.15. The van der Waals surface area contributed by atoms with E-state index in [2.05, 4.69) is 114 Å². The first-order valence-corrected chi connectivity index (χ1v) is 16.2. The lowest BCUT2D eigenvalue weighted by molar-refractivity contribution is 0.955. The first kappa shape index (κ1) is 25.4. The number of benzene rings is 7. The highest BCUT2D eigenvalue weighted by Crippen LogP contribution is 2.41. The van der Waals surface area contributed by atoms with Gasteiger partial charge in [-0.15, -0.1) is 11.3 Å². The van der Waals surface area contributed by atoms with Gasteiger partial charge in [0, 0.05) is 47.5 Å². The summed E-state index contributed by atoms with van der Waals surface area (Å²) in [7, 11) is 0. The number of nitrogens with zero attached hydrogens (tertiary/aromatic N) is 4. The van der Waals surface area contributed by atoms with Gasteiger partial charge < -0.3 is 0 Å². The second kappa shape index (κ2) is 9.80. The minimum absolute atomic E-state index is 0.603. The minimum atomic E-state index is 0.603. The van der Waals surface area contributed by atoms with E-state index in [4.69, 9.17) is 15.0 Å². The van der Waals surface area contributed by atoms with Crippen LogP contribution in [0.5, 0.6) is 0 Å². The van der Waals surface area contributed by atoms with E-state index in [9.17, 15) is 0 Å². The van der Waals surface area contributed by atoms with Crippen LogP contribution in [0.1, 0.15) is 0 Å². The van der Waals surface area contributed by atoms with Crippen molar-refractivity contribution in [2.45, 2.75) is 0 Å². The number of thiophene rings is 1. The molecule has 0 unspecified atom stereocenters. The van der Waals surface area contributed by atoms with Crippen molar-refractivity contribution < 1.29 is 0 Å². The fraction of sp³-hybridized carbons (Fsp3) is 0. The molecule has 0 saturated carbocycles. The van der Waals surface area contributed by atoms with Gasteiger partial charge in [0.1, 0.15) is 0 Å². The van der Waals surface area contributed by atoms with Crippen LogP contribution in [0, 0.1) is 0 Å². The Bertz CT molecular complexity index is 2740. The van der Waals surface area contributed by atoms with Gasteiger partial charge >= 0.3 is 0 Å². The van der Waals surface area contributed by atoms with Crippen molar-refractivity contribution in [2.75, 3.05) is 0 Å². The van der Waals surface area contributed by atoms with Gasteiger partial charge in [-0.05, 0) is 40.4 Å². The molecule has 0 bridgehead atoms. The van der Waals surface area contributed by atoms with E-state index < -0.39 is 0 Å². The Morgan fingerprint density at radius 3 is 1.78 bits per heavy atom. The topological polar surface area (TPSA) is 43.6 Å². The largest absolute Gasteiger partial charge is 0.277 e. The van der Waals surface area contributed by atoms with Crippen molar-refractivity contribution in [2.24, 2.45) is 0 Å². The normalized spacial score (nSPS) is 11.9. The highest BCUT2D eigenvalue weighted by molar-refractivity contribution is 7.25. The van der Waals surface area contributed by atoms with Crippen LogP contribution in [0.2, 0.25) is 0 Å². The molecule has 0 aliphatic heterocycles. The molecule has 4 nitrogen and oxygen atoms in total. The summed E-state index contributed by atoms with van der Waals surface area (Å²) in [5.41, 5.74) is 4.06. The molecule has 0 N–H and O–H groups in total. The molecule has 10 aromatic rings. The van der Waals surface area contributed by atoms with Gasteiger partial charge in [0.2, 0.25) is 5.95 Å². The summed E-state index contributed by atoms with van der Waals surface area (Å²) in [6, 6.07) is 51.4. The van der Waals surface area contributed by atoms with E-state index in [0.717, 1.165) is 22.2 Å². The van der Waals surface area contributed by atoms with E-state index in [0.29, 0.717) is 17.6 Å². The van der Waals surface area contributed by atoms with Crippen LogP contribution in [0.25, 0.3) is 92.2 Å². The zero-order valence-corrected chi connectivity index (χ0v) is 25.4. The summed E-state index contributed by atoms with van der Waals surface area (Å²) < 4.78 is 4.86. The van der Waals surface area contributed by atoms with Crippen molar-refractivity contribution in [3.63, 3.8) is 0 Å². The SMILES string of the molecule is c1ccc(-c2nc(-c3ccccc3)nc(-n3c4ccccc4c4ccc5c6cc7sc8ccccc8c7cc6ccc5c43)n2)cc1. The fourth-order valence-electron chi connectivity index (χ4n) is 6.92. The molecule has 0 spiro atoms. The summed E-state index contributed by atoms with van der Waals surface area (Å²) in [6.45, 7) is 0. The Morgan fingerprint density at radius 2 is 1.02 bits per heavy atom. The molecular formula is C41H24N4S. The first-order chi connectivity index (χ1) is 22.8. The van der Waals surface area contributed by atoms with Crippen LogP contribution in [-0.4, -0.2) is 19.5 Å². The average Bonchev–Trinajstić information content (AvgIpc) is 3.66. The summed E-state index contributed by atoms with van der Waals surface area (Å²) in [4.78, 5) is 15.3. The third-order valence-corrected chi connectivity index (χ3v) is 10.2. The summed E-state index contributed by atoms with van der Waals surface area (Å²) in [5.74, 6) is 1.90. The standard InChI is InChI=1S/C41H24N4S/c1-3-11-25(12-4-1)39-42-40(26-13-5-2-6-14-26)44-41(43-39)45-35-17-9-7-15-29(35)32-22-21-28-31(38(32)45)20-19-27-23-34-30-16-8-10-18-36(30)46-37(34)24-33(27)28/h1-24H. The summed E-state index contributed by atoms with van der Waals surface area (Å²) in [5, 5.41) is 9.85. The number of aromatic nitrogens is 4. The zero-order valence-electron chi connectivity index (χ0n) is 24.6. The lowest BCUT2D eigenvalue weighted by atomic mass is 9.98. The molecule has 0 radical (unpaired) electrons. The van der Waals surface area contributed by atoms with Crippen LogP contribution in [-0.2, 0) is 0 Å². The number of hydrogen-bond acceptors (Lipinski definition) is 4. The molecule has 5 heteroatoms. The first-order valence-electron chi connectivity index (χ1n) is 15.4. The van der Waals surface area contributed by atoms with E-state index in [1.54, 1.807) is 0 Å². The van der Waals surface area contributed by atoms with Crippen LogP contribution < -0.4 is 0 Å². The molecule has 0 aliphatic rings. The van der Waals surface area contributed by atoms with Crippen molar-refractivity contribution in [1.82, 2.24) is 19.5 Å². The van der Waals surface area contributed by atoms with Crippen LogP contribution in [0.4, 0.5) is 0 Å². The van der Waals surface area contributed by atoms with Crippen LogP contribution >= 0.6 is 11.3 Å². The summed E-state index contributed by atoms with van der Waals surface area (Å²) >= 11 is 1.86. The average molecular weight is 605 g/mol. The predicted molar refractivity (Wildman–Crippen MR) is 193 cm³/mol. The second-order valence-corrected chi connectivity index (χ2v) is 12.7. The van der Waals surface area contributed by atoms with Crippen molar-refractivity contribution >= 4 is 74.9 Å². The Labute approximate surface area is 267 Å². The monoisotopic (exact) mass is 604 g/mol. The molecule has 46 heavy (non-hydrogen) atoms. The summed E-state index contributed by atoms with van der Waals surface area (Å²) in [6.07, 6.45) is 0. The molecule has 0 fully saturated rings. The molecule has 3 heterocycles. The minimum Gasteiger partial charge on any atom is -0.277 e. The van der Waals surface area contributed by atoms with Crippen molar-refractivity contribution in [3.8, 4) is 28.7 Å². The van der Waals surface area contributed by atoms with Crippen LogP contribution in [0.3, 0.4) is 0 Å². The van der Waals surface area contributed by atoms with Gasteiger partial charge in [0.05, 0.1) is 11.0 Å². The lowest BCUT2D eigenvalue weighted by Crippen LogP contribution is -2.06. The van der Waals surface area contributed by atoms with Crippen molar-refractivity contribution in [3.05, 3.63) is 146 Å². The molecular weight excluding hydrogens is 581 g/mol. The van der Waals surface area contributed by atoms with E-state index in [1.807, 2.05) is 47.7 Å². The molecule has 0 aliphatic carbocycles. The highest BCUT2D eigenvalue weighted by Gasteiger charge is 2.20. The smallest absolute Gasteiger partial charge is 0.238 e. The quantitative estimate of drug-likeness (QED) is 0.188. The number of rotatable bonds is 3. The maximum absolute atomic E-state index is 5.15. The Morgan fingerprint density at radius 1 is 0.413 bits per heavy atom. The lowest BCUT2D eigenvalue weighted by Gasteiger charge is -2.12. The maximum Gasteiger partial charge on any atom is 0.238 e. The van der Waals surface area contributed by atoms with Crippen molar-refractivity contribution in [1.29, 1.82) is 0 Å². The van der Waals surface area contributed by atoms with E-state index >= 15 is 0 Å². The third kappa shape index (κ3) is 3.76. The Balaban J connectivity index is 1.32. The molecule has 3 aromatic heterocycles. The van der Waals surface area contributed by atoms with E-state index in [1.165, 1.54) is 52.5 Å². The predicted octanol–water partition coefficient (Wildman–Crippen LogP) is 11.0. The molecule has 0 amide bonds. The van der Waals surface area contributed by atoms with Gasteiger partial charge in [0.25, 0.3) is 0 Å².